The van der Waals surface area contributed by atoms with Gasteiger partial charge in [-0.05, 0) is 6.92 Å². The molecule has 0 aromatic heterocycles. The summed E-state index contributed by atoms with van der Waals surface area (Å²) in [5.74, 6) is 0. The molecule has 0 heterocycles. The van der Waals surface area contributed by atoms with E-state index in [1.807, 2.05) is 0 Å². The van der Waals surface area contributed by atoms with Crippen molar-refractivity contribution in [2.45, 2.75) is 6.92 Å². The molecule has 1 N–H and O–H groups in total. The van der Waals surface area contributed by atoms with E-state index in [9.17, 15) is 0 Å². The minimum Gasteiger partial charge on any atom is -0.515 e. The van der Waals surface area contributed by atoms with Crippen LogP contribution < -0.4 is 0 Å². The second kappa shape index (κ2) is 4.96. The fourth-order valence-electron chi connectivity index (χ4n) is 0.109. The summed E-state index contributed by atoms with van der Waals surface area (Å²) in [4.78, 5) is 4.87. The first-order valence-corrected chi connectivity index (χ1v) is 2.73. The molecule has 0 aromatic carbocycles. The zero-order chi connectivity index (χ0) is 6.41. The molecule has 8 heavy (non-hydrogen) atoms. The number of aliphatic hydroxyl groups excluding tert-OH is 1. The monoisotopic (exact) mass is 136 g/mol. The van der Waals surface area contributed by atoms with Crippen LogP contribution in [-0.2, 0) is 9.22 Å². The maximum Gasteiger partial charge on any atom is 0.0908 e. The summed E-state index contributed by atoms with van der Waals surface area (Å²) in [7, 11) is 1.40. The Morgan fingerprint density at radius 3 is 2.75 bits per heavy atom. The van der Waals surface area contributed by atoms with Gasteiger partial charge in [0.25, 0.3) is 0 Å². The van der Waals surface area contributed by atoms with Gasteiger partial charge >= 0.3 is 0 Å². The van der Waals surface area contributed by atoms with E-state index in [-0.39, 0.29) is 0 Å². The van der Waals surface area contributed by atoms with E-state index in [0.717, 1.165) is 18.3 Å². The average molecular weight is 136 g/mol. The van der Waals surface area contributed by atoms with Crippen molar-refractivity contribution in [3.05, 3.63) is 11.2 Å². The quantitative estimate of drug-likeness (QED) is 0.277. The molecule has 0 radical (unpaired) electrons. The van der Waals surface area contributed by atoms with Crippen LogP contribution in [-0.4, -0.2) is 12.2 Å². The van der Waals surface area contributed by atoms with Gasteiger partial charge in [-0.2, -0.15) is 4.33 Å². The molecule has 0 saturated carbocycles. The van der Waals surface area contributed by atoms with Gasteiger partial charge in [0.15, 0.2) is 0 Å². The van der Waals surface area contributed by atoms with Crippen molar-refractivity contribution in [1.82, 2.24) is 0 Å². The minimum absolute atomic E-state index is 0.645. The third-order valence-corrected chi connectivity index (χ3v) is 0.988. The largest absolute Gasteiger partial charge is 0.515 e. The Morgan fingerprint density at radius 2 is 2.38 bits per heavy atom. The van der Waals surface area contributed by atoms with E-state index in [2.05, 4.69) is 9.22 Å². The third kappa shape index (κ3) is 3.98. The van der Waals surface area contributed by atoms with E-state index in [1.165, 1.54) is 7.11 Å². The van der Waals surface area contributed by atoms with Crippen molar-refractivity contribution in [3.63, 3.8) is 0 Å². The van der Waals surface area contributed by atoms with Crippen molar-refractivity contribution in [3.8, 4) is 0 Å². The van der Waals surface area contributed by atoms with E-state index in [0.29, 0.717) is 4.91 Å². The van der Waals surface area contributed by atoms with Crippen molar-refractivity contribution in [1.29, 1.82) is 0 Å². The van der Waals surface area contributed by atoms with Gasteiger partial charge in [-0.3, -0.25) is 0 Å². The zero-order valence-corrected chi connectivity index (χ0v) is 5.57. The van der Waals surface area contributed by atoms with Gasteiger partial charge in [0.05, 0.1) is 25.4 Å². The number of aliphatic hydroxyl groups is 1. The number of rotatable bonds is 3. The summed E-state index contributed by atoms with van der Waals surface area (Å²) in [6.07, 6.45) is 0.948. The second-order valence-corrected chi connectivity index (χ2v) is 2.00. The molecule has 0 aliphatic carbocycles. The smallest absolute Gasteiger partial charge is 0.0908 e. The zero-order valence-electron chi connectivity index (χ0n) is 4.75. The molecule has 0 aromatic rings. The van der Waals surface area contributed by atoms with Crippen molar-refractivity contribution < 1.29 is 14.3 Å². The first-order chi connectivity index (χ1) is 3.81. The van der Waals surface area contributed by atoms with Crippen molar-refractivity contribution in [2.24, 2.45) is 0 Å². The second-order valence-electron chi connectivity index (χ2n) is 1.06. The van der Waals surface area contributed by atoms with Gasteiger partial charge in [-0.25, -0.2) is 4.89 Å². The Bertz CT molecular complexity index is 81.4. The standard InChI is InChI=1S/C4H8O3S/c1-4(3-5)8-7-6-2/h3,5H,1-2H3/b4-3+. The summed E-state index contributed by atoms with van der Waals surface area (Å²) < 4.78 is 4.37. The van der Waals surface area contributed by atoms with Crippen molar-refractivity contribution >= 4 is 12.0 Å². The van der Waals surface area contributed by atoms with Gasteiger partial charge < -0.3 is 5.11 Å². The molecule has 48 valence electrons. The first-order valence-electron chi connectivity index (χ1n) is 1.99. The maximum absolute atomic E-state index is 8.24. The molecule has 0 fully saturated rings. The van der Waals surface area contributed by atoms with Gasteiger partial charge in [-0.1, -0.05) is 0 Å². The lowest BCUT2D eigenvalue weighted by Gasteiger charge is -1.93. The lowest BCUT2D eigenvalue weighted by molar-refractivity contribution is -0.159. The SMILES string of the molecule is COOS/C(C)=C/O. The molecule has 0 aliphatic heterocycles. The van der Waals surface area contributed by atoms with Crippen LogP contribution in [0.15, 0.2) is 11.2 Å². The van der Waals surface area contributed by atoms with Crippen LogP contribution in [0.2, 0.25) is 0 Å². The summed E-state index contributed by atoms with van der Waals surface area (Å²) in [6, 6.07) is 0. The van der Waals surface area contributed by atoms with Crippen LogP contribution in [0.5, 0.6) is 0 Å². The van der Waals surface area contributed by atoms with Crippen LogP contribution in [0.25, 0.3) is 0 Å². The lowest BCUT2D eigenvalue weighted by Crippen LogP contribution is -1.75. The Labute approximate surface area is 52.4 Å². The number of hydrogen-bond donors (Lipinski definition) is 1. The van der Waals surface area contributed by atoms with Crippen LogP contribution in [0.3, 0.4) is 0 Å². The van der Waals surface area contributed by atoms with Gasteiger partial charge in [0.1, 0.15) is 0 Å². The van der Waals surface area contributed by atoms with Crippen LogP contribution >= 0.6 is 12.0 Å². The predicted molar refractivity (Wildman–Crippen MR) is 32.1 cm³/mol. The Morgan fingerprint density at radius 1 is 1.75 bits per heavy atom. The normalized spacial score (nSPS) is 12.0. The molecular formula is C4H8O3S. The topological polar surface area (TPSA) is 38.7 Å². The fraction of sp³-hybridized carbons (Fsp3) is 0.500. The van der Waals surface area contributed by atoms with E-state index in [4.69, 9.17) is 5.11 Å². The number of hydrogen-bond acceptors (Lipinski definition) is 4. The van der Waals surface area contributed by atoms with Crippen LogP contribution in [0.4, 0.5) is 0 Å². The van der Waals surface area contributed by atoms with Gasteiger partial charge in [0.2, 0.25) is 0 Å². The maximum atomic E-state index is 8.24. The highest BCUT2D eigenvalue weighted by Gasteiger charge is 1.87. The highest BCUT2D eigenvalue weighted by Crippen LogP contribution is 2.13. The minimum atomic E-state index is 0.645. The highest BCUT2D eigenvalue weighted by atomic mass is 32.2. The van der Waals surface area contributed by atoms with E-state index in [1.54, 1.807) is 6.92 Å². The predicted octanol–water partition coefficient (Wildman–Crippen LogP) is 1.63. The average Bonchev–Trinajstić information content (AvgIpc) is 1.83. The van der Waals surface area contributed by atoms with Gasteiger partial charge in [0, 0.05) is 4.91 Å². The molecule has 0 amide bonds. The molecule has 0 unspecified atom stereocenters. The van der Waals surface area contributed by atoms with Crippen molar-refractivity contribution in [2.75, 3.05) is 7.11 Å². The molecule has 0 spiro atoms. The molecular weight excluding hydrogens is 128 g/mol. The molecule has 0 saturated heterocycles. The fourth-order valence-corrected chi connectivity index (χ4v) is 0.328. The van der Waals surface area contributed by atoms with Gasteiger partial charge in [-0.15, -0.1) is 0 Å². The first kappa shape index (κ1) is 7.81. The molecule has 0 aliphatic rings. The molecule has 4 heteroatoms. The Hall–Kier alpha value is -0.190. The van der Waals surface area contributed by atoms with E-state index < -0.39 is 0 Å². The third-order valence-electron chi connectivity index (χ3n) is 0.415. The van der Waals surface area contributed by atoms with Crippen LogP contribution in [0.1, 0.15) is 6.92 Å². The lowest BCUT2D eigenvalue weighted by atomic mass is 10.7. The molecule has 0 rings (SSSR count). The number of allylic oxidation sites excluding steroid dienone is 1. The molecule has 0 atom stereocenters. The summed E-state index contributed by atoms with van der Waals surface area (Å²) in [5.41, 5.74) is 0. The Balaban J connectivity index is 3.12. The van der Waals surface area contributed by atoms with Crippen LogP contribution in [0, 0.1) is 0 Å². The summed E-state index contributed by atoms with van der Waals surface area (Å²) >= 11 is 0.965. The highest BCUT2D eigenvalue weighted by molar-refractivity contribution is 7.98. The molecule has 0 bridgehead atoms. The summed E-state index contributed by atoms with van der Waals surface area (Å²) in [6.45, 7) is 1.70. The Kier molecular flexibility index (Phi) is 4.84. The molecule has 3 nitrogen and oxygen atoms in total. The summed E-state index contributed by atoms with van der Waals surface area (Å²) in [5, 5.41) is 8.24. The van der Waals surface area contributed by atoms with E-state index >= 15 is 0 Å².